The number of hydrogen-bond donors (Lipinski definition) is 0. The number of amides is 1. The number of rotatable bonds is 4. The molecule has 1 amide bonds. The van der Waals surface area contributed by atoms with Gasteiger partial charge in [0.25, 0.3) is 0 Å². The second kappa shape index (κ2) is 6.73. The van der Waals surface area contributed by atoms with Crippen LogP contribution in [0.15, 0.2) is 42.7 Å². The lowest BCUT2D eigenvalue weighted by atomic mass is 10.1. The van der Waals surface area contributed by atoms with Crippen LogP contribution in [0, 0.1) is 0 Å². The predicted octanol–water partition coefficient (Wildman–Crippen LogP) is 3.29. The highest BCUT2D eigenvalue weighted by Crippen LogP contribution is 2.24. The Labute approximate surface area is 144 Å². The molecule has 0 saturated carbocycles. The van der Waals surface area contributed by atoms with Crippen molar-refractivity contribution in [2.45, 2.75) is 31.7 Å². The second-order valence-electron chi connectivity index (χ2n) is 6.20. The van der Waals surface area contributed by atoms with E-state index >= 15 is 0 Å². The number of carbonyl (C=O) groups is 1. The molecular weight excluding hydrogens is 320 g/mol. The van der Waals surface area contributed by atoms with Crippen molar-refractivity contribution >= 4 is 27.5 Å². The van der Waals surface area contributed by atoms with Gasteiger partial charge in [-0.15, -0.1) is 11.3 Å². The fraction of sp³-hybridized carbons (Fsp3) is 0.389. The molecule has 0 spiro atoms. The molecule has 2 aromatic heterocycles. The van der Waals surface area contributed by atoms with Gasteiger partial charge in [-0.05, 0) is 31.0 Å². The topological polar surface area (TPSA) is 51.0 Å². The van der Waals surface area contributed by atoms with Gasteiger partial charge in [-0.25, -0.2) is 4.98 Å². The first-order chi connectivity index (χ1) is 11.8. The predicted molar refractivity (Wildman–Crippen MR) is 95.0 cm³/mol. The second-order valence-corrected chi connectivity index (χ2v) is 7.31. The van der Waals surface area contributed by atoms with E-state index in [4.69, 9.17) is 0 Å². The van der Waals surface area contributed by atoms with Crippen LogP contribution in [0.1, 0.15) is 30.3 Å². The van der Waals surface area contributed by atoms with Gasteiger partial charge < -0.3 is 4.90 Å². The van der Waals surface area contributed by atoms with Gasteiger partial charge in [0.15, 0.2) is 0 Å². The first-order valence-corrected chi connectivity index (χ1v) is 9.22. The van der Waals surface area contributed by atoms with Gasteiger partial charge in [0, 0.05) is 38.3 Å². The maximum atomic E-state index is 12.6. The number of aromatic nitrogens is 3. The van der Waals surface area contributed by atoms with Crippen molar-refractivity contribution in [2.75, 3.05) is 13.1 Å². The van der Waals surface area contributed by atoms with Crippen LogP contribution >= 0.6 is 11.3 Å². The molecule has 1 unspecified atom stereocenters. The fourth-order valence-corrected chi connectivity index (χ4v) is 4.26. The van der Waals surface area contributed by atoms with Crippen molar-refractivity contribution < 1.29 is 4.79 Å². The molecule has 0 aliphatic carbocycles. The first-order valence-electron chi connectivity index (χ1n) is 8.41. The van der Waals surface area contributed by atoms with E-state index in [0.717, 1.165) is 42.9 Å². The molecule has 6 heteroatoms. The third-order valence-corrected chi connectivity index (χ3v) is 5.64. The Morgan fingerprint density at radius 2 is 2.21 bits per heavy atom. The number of carbonyl (C=O) groups excluding carboxylic acids is 1. The number of benzene rings is 1. The normalized spacial score (nSPS) is 18.2. The molecule has 5 nitrogen and oxygen atoms in total. The minimum Gasteiger partial charge on any atom is -0.341 e. The van der Waals surface area contributed by atoms with Gasteiger partial charge in [-0.2, -0.15) is 5.10 Å². The molecule has 1 atom stereocenters. The maximum absolute atomic E-state index is 12.6. The van der Waals surface area contributed by atoms with E-state index < -0.39 is 0 Å². The van der Waals surface area contributed by atoms with Crippen molar-refractivity contribution in [1.82, 2.24) is 19.7 Å². The van der Waals surface area contributed by atoms with Crippen molar-refractivity contribution in [3.05, 3.63) is 47.7 Å². The molecule has 3 heterocycles. The van der Waals surface area contributed by atoms with Crippen molar-refractivity contribution in [1.29, 1.82) is 0 Å². The zero-order valence-electron chi connectivity index (χ0n) is 13.5. The summed E-state index contributed by atoms with van der Waals surface area (Å²) in [5.74, 6) is 0.228. The van der Waals surface area contributed by atoms with Crippen LogP contribution in [0.2, 0.25) is 0 Å². The summed E-state index contributed by atoms with van der Waals surface area (Å²) >= 11 is 1.69. The van der Waals surface area contributed by atoms with Gasteiger partial charge in [0.05, 0.1) is 21.3 Å². The third kappa shape index (κ3) is 3.19. The van der Waals surface area contributed by atoms with Crippen molar-refractivity contribution in [3.8, 4) is 0 Å². The van der Waals surface area contributed by atoms with Crippen LogP contribution in [0.5, 0.6) is 0 Å². The van der Waals surface area contributed by atoms with Crippen LogP contribution in [0.25, 0.3) is 10.2 Å². The zero-order chi connectivity index (χ0) is 16.4. The quantitative estimate of drug-likeness (QED) is 0.732. The molecule has 1 aromatic carbocycles. The van der Waals surface area contributed by atoms with Crippen molar-refractivity contribution in [3.63, 3.8) is 0 Å². The Balaban J connectivity index is 1.37. The Bertz CT molecular complexity index is 794. The van der Waals surface area contributed by atoms with E-state index in [9.17, 15) is 4.79 Å². The molecule has 24 heavy (non-hydrogen) atoms. The summed E-state index contributed by atoms with van der Waals surface area (Å²) in [6.45, 7) is 1.62. The van der Waals surface area contributed by atoms with Gasteiger partial charge in [-0.1, -0.05) is 12.1 Å². The molecule has 1 aliphatic heterocycles. The average molecular weight is 340 g/mol. The van der Waals surface area contributed by atoms with Gasteiger partial charge >= 0.3 is 0 Å². The van der Waals surface area contributed by atoms with E-state index in [-0.39, 0.29) is 5.91 Å². The number of nitrogens with zero attached hydrogens (tertiary/aromatic N) is 4. The molecule has 0 N–H and O–H groups in total. The minimum absolute atomic E-state index is 0.228. The fourth-order valence-electron chi connectivity index (χ4n) is 3.29. The van der Waals surface area contributed by atoms with Crippen LogP contribution in [-0.2, 0) is 11.2 Å². The molecule has 0 radical (unpaired) electrons. The highest BCUT2D eigenvalue weighted by Gasteiger charge is 2.24. The highest BCUT2D eigenvalue weighted by molar-refractivity contribution is 7.18. The lowest BCUT2D eigenvalue weighted by Crippen LogP contribution is -2.40. The van der Waals surface area contributed by atoms with Crippen molar-refractivity contribution in [2.24, 2.45) is 0 Å². The summed E-state index contributed by atoms with van der Waals surface area (Å²) in [4.78, 5) is 19.2. The number of hydrogen-bond acceptors (Lipinski definition) is 4. The third-order valence-electron chi connectivity index (χ3n) is 4.54. The number of piperidine rings is 1. The first kappa shape index (κ1) is 15.3. The number of para-hydroxylation sites is 1. The maximum Gasteiger partial charge on any atom is 0.223 e. The van der Waals surface area contributed by atoms with Gasteiger partial charge in [0.1, 0.15) is 0 Å². The monoisotopic (exact) mass is 340 g/mol. The van der Waals surface area contributed by atoms with Gasteiger partial charge in [-0.3, -0.25) is 9.48 Å². The number of thiazole rings is 1. The average Bonchev–Trinajstić information content (AvgIpc) is 3.29. The number of aryl methyl sites for hydroxylation is 1. The Kier molecular flexibility index (Phi) is 4.30. The van der Waals surface area contributed by atoms with E-state index in [1.54, 1.807) is 17.5 Å². The Morgan fingerprint density at radius 3 is 3.04 bits per heavy atom. The van der Waals surface area contributed by atoms with E-state index in [0.29, 0.717) is 12.5 Å². The summed E-state index contributed by atoms with van der Waals surface area (Å²) < 4.78 is 3.17. The van der Waals surface area contributed by atoms with E-state index in [2.05, 4.69) is 16.1 Å². The summed E-state index contributed by atoms with van der Waals surface area (Å²) in [6, 6.07) is 10.4. The molecule has 0 bridgehead atoms. The molecule has 3 aromatic rings. The van der Waals surface area contributed by atoms with E-state index in [1.165, 1.54) is 4.70 Å². The molecule has 1 fully saturated rings. The zero-order valence-corrected chi connectivity index (χ0v) is 14.3. The lowest BCUT2D eigenvalue weighted by Gasteiger charge is -2.33. The standard InChI is InChI=1S/C18H20N4OS/c23-18(9-8-17-20-15-6-1-2-7-16(15)24-17)21-11-3-5-14(13-21)22-12-4-10-19-22/h1-2,4,6-7,10,12,14H,3,5,8-9,11,13H2. The number of fused-ring (bicyclic) bond motifs is 1. The summed E-state index contributed by atoms with van der Waals surface area (Å²) in [7, 11) is 0. The van der Waals surface area contributed by atoms with Crippen LogP contribution in [0.4, 0.5) is 0 Å². The van der Waals surface area contributed by atoms with Gasteiger partial charge in [0.2, 0.25) is 5.91 Å². The molecule has 124 valence electrons. The lowest BCUT2D eigenvalue weighted by molar-refractivity contribution is -0.132. The molecule has 1 aliphatic rings. The minimum atomic E-state index is 0.228. The SMILES string of the molecule is O=C(CCc1nc2ccccc2s1)N1CCCC(n2cccn2)C1. The Hall–Kier alpha value is -2.21. The van der Waals surface area contributed by atoms with Crippen LogP contribution in [0.3, 0.4) is 0 Å². The summed E-state index contributed by atoms with van der Waals surface area (Å²) in [5.41, 5.74) is 1.03. The molecule has 4 rings (SSSR count). The Morgan fingerprint density at radius 1 is 1.29 bits per heavy atom. The van der Waals surface area contributed by atoms with E-state index in [1.807, 2.05) is 40.0 Å². The van der Waals surface area contributed by atoms with Crippen LogP contribution in [-0.4, -0.2) is 38.7 Å². The summed E-state index contributed by atoms with van der Waals surface area (Å²) in [5, 5.41) is 5.37. The number of likely N-dealkylation sites (tertiary alicyclic amines) is 1. The largest absolute Gasteiger partial charge is 0.341 e. The van der Waals surface area contributed by atoms with Crippen LogP contribution < -0.4 is 0 Å². The summed E-state index contributed by atoms with van der Waals surface area (Å²) in [6.07, 6.45) is 7.17. The molecular formula is C18H20N4OS. The highest BCUT2D eigenvalue weighted by atomic mass is 32.1. The smallest absolute Gasteiger partial charge is 0.223 e. The molecule has 1 saturated heterocycles.